The summed E-state index contributed by atoms with van der Waals surface area (Å²) in [6, 6.07) is 6.09. The fourth-order valence-corrected chi connectivity index (χ4v) is 3.91. The third-order valence-corrected chi connectivity index (χ3v) is 5.24. The molecular weight excluding hydrogens is 501 g/mol. The molecule has 2 aromatic carbocycles. The van der Waals surface area contributed by atoms with E-state index in [9.17, 15) is 0 Å². The zero-order valence-corrected chi connectivity index (χ0v) is 19.9. The van der Waals surface area contributed by atoms with Crippen LogP contribution in [0.4, 0.5) is 0 Å². The molecule has 2 rings (SSSR count). The molecule has 0 saturated carbocycles. The van der Waals surface area contributed by atoms with E-state index in [2.05, 4.69) is 13.2 Å². The smallest absolute Gasteiger partial charge is 0.157 e. The average molecular weight is 517 g/mol. The molecule has 0 amide bonds. The Bertz CT molecular complexity index is 822. The number of ether oxygens (including phenoxy) is 3. The highest BCUT2D eigenvalue weighted by molar-refractivity contribution is 6.40. The summed E-state index contributed by atoms with van der Waals surface area (Å²) >= 11 is 36.3. The van der Waals surface area contributed by atoms with Crippen molar-refractivity contribution >= 4 is 69.6 Å². The van der Waals surface area contributed by atoms with E-state index in [1.54, 1.807) is 13.8 Å². The van der Waals surface area contributed by atoms with Gasteiger partial charge >= 0.3 is 0 Å². The van der Waals surface area contributed by atoms with Gasteiger partial charge in [0.2, 0.25) is 0 Å². The first-order valence-electron chi connectivity index (χ1n) is 8.17. The molecule has 0 heterocycles. The van der Waals surface area contributed by atoms with Crippen LogP contribution in [0, 0.1) is 0 Å². The van der Waals surface area contributed by atoms with Gasteiger partial charge < -0.3 is 14.2 Å². The quantitative estimate of drug-likeness (QED) is 0.328. The predicted octanol–water partition coefficient (Wildman–Crippen LogP) is 8.89. The summed E-state index contributed by atoms with van der Waals surface area (Å²) in [6.07, 6.45) is -1.20. The number of benzene rings is 2. The van der Waals surface area contributed by atoms with Gasteiger partial charge in [-0.15, -0.1) is 0 Å². The number of halogens is 6. The van der Waals surface area contributed by atoms with Crippen molar-refractivity contribution in [3.8, 4) is 11.5 Å². The normalized spacial score (nSPS) is 12.8. The third kappa shape index (κ3) is 6.52. The summed E-state index contributed by atoms with van der Waals surface area (Å²) in [5.41, 5.74) is 0. The van der Waals surface area contributed by atoms with Gasteiger partial charge in [-0.1, -0.05) is 82.8 Å². The monoisotopic (exact) mass is 514 g/mol. The Hall–Kier alpha value is -0.940. The van der Waals surface area contributed by atoms with E-state index >= 15 is 0 Å². The van der Waals surface area contributed by atoms with Crippen LogP contribution in [0.15, 0.2) is 48.9 Å². The second-order valence-corrected chi connectivity index (χ2v) is 8.45. The van der Waals surface area contributed by atoms with Crippen LogP contribution in [0.2, 0.25) is 30.1 Å². The molecule has 2 unspecified atom stereocenters. The summed E-state index contributed by atoms with van der Waals surface area (Å²) in [7, 11) is 0. The van der Waals surface area contributed by atoms with Gasteiger partial charge in [-0.25, -0.2) is 0 Å². The van der Waals surface area contributed by atoms with E-state index in [0.717, 1.165) is 0 Å². The highest BCUT2D eigenvalue weighted by Crippen LogP contribution is 2.38. The van der Waals surface area contributed by atoms with Crippen LogP contribution in [0.3, 0.4) is 0 Å². The Morgan fingerprint density at radius 1 is 0.655 bits per heavy atom. The molecule has 0 fully saturated rings. The second kappa shape index (κ2) is 10.4. The molecule has 0 bridgehead atoms. The van der Waals surface area contributed by atoms with Crippen LogP contribution in [0.1, 0.15) is 13.8 Å². The fourth-order valence-electron chi connectivity index (χ4n) is 2.10. The summed E-state index contributed by atoms with van der Waals surface area (Å²) in [5.74, 6) is 1.07. The standard InChI is InChI=1S/C20H16Cl6O3/c1-9(11(3)28-19-15(23)5-13(21)6-16(19)24)27-10(2)12(4)29-20-17(25)7-14(22)8-18(20)26/h5-8,11-12H,1-2H2,3-4H3. The highest BCUT2D eigenvalue weighted by atomic mass is 35.5. The van der Waals surface area contributed by atoms with Gasteiger partial charge in [-0.2, -0.15) is 0 Å². The van der Waals surface area contributed by atoms with Crippen molar-refractivity contribution in [1.29, 1.82) is 0 Å². The van der Waals surface area contributed by atoms with Gasteiger partial charge in [-0.05, 0) is 38.1 Å². The lowest BCUT2D eigenvalue weighted by molar-refractivity contribution is 0.125. The molecule has 3 nitrogen and oxygen atoms in total. The van der Waals surface area contributed by atoms with Crippen LogP contribution in [-0.2, 0) is 4.74 Å². The molecule has 0 N–H and O–H groups in total. The molecule has 0 aliphatic carbocycles. The van der Waals surface area contributed by atoms with Gasteiger partial charge in [0.1, 0.15) is 11.5 Å². The average Bonchev–Trinajstić information content (AvgIpc) is 2.60. The van der Waals surface area contributed by atoms with Gasteiger partial charge in [0, 0.05) is 10.0 Å². The Labute approximate surface area is 199 Å². The molecule has 0 aliphatic rings. The Morgan fingerprint density at radius 3 is 1.21 bits per heavy atom. The van der Waals surface area contributed by atoms with Gasteiger partial charge in [0.25, 0.3) is 0 Å². The first-order chi connectivity index (χ1) is 13.5. The largest absolute Gasteiger partial charge is 0.480 e. The van der Waals surface area contributed by atoms with Crippen molar-refractivity contribution in [2.75, 3.05) is 0 Å². The molecule has 9 heteroatoms. The molecule has 29 heavy (non-hydrogen) atoms. The van der Waals surface area contributed by atoms with E-state index in [1.807, 2.05) is 0 Å². The molecule has 0 aromatic heterocycles. The summed E-state index contributed by atoms with van der Waals surface area (Å²) < 4.78 is 17.2. The van der Waals surface area contributed by atoms with Crippen LogP contribution in [0.25, 0.3) is 0 Å². The van der Waals surface area contributed by atoms with Crippen LogP contribution >= 0.6 is 69.6 Å². The van der Waals surface area contributed by atoms with Crippen LogP contribution in [0.5, 0.6) is 11.5 Å². The van der Waals surface area contributed by atoms with Crippen molar-refractivity contribution in [1.82, 2.24) is 0 Å². The molecule has 2 atom stereocenters. The van der Waals surface area contributed by atoms with E-state index in [4.69, 9.17) is 83.8 Å². The highest BCUT2D eigenvalue weighted by Gasteiger charge is 2.20. The molecule has 0 spiro atoms. The van der Waals surface area contributed by atoms with Gasteiger partial charge in [-0.3, -0.25) is 0 Å². The van der Waals surface area contributed by atoms with E-state index in [-0.39, 0.29) is 43.1 Å². The van der Waals surface area contributed by atoms with E-state index in [1.165, 1.54) is 24.3 Å². The number of hydrogen-bond donors (Lipinski definition) is 0. The molecule has 0 saturated heterocycles. The maximum atomic E-state index is 6.13. The van der Waals surface area contributed by atoms with E-state index in [0.29, 0.717) is 10.0 Å². The number of rotatable bonds is 8. The Kier molecular flexibility index (Phi) is 8.72. The topological polar surface area (TPSA) is 27.7 Å². The predicted molar refractivity (Wildman–Crippen MR) is 122 cm³/mol. The lowest BCUT2D eigenvalue weighted by Crippen LogP contribution is -2.21. The Balaban J connectivity index is 2.02. The Morgan fingerprint density at radius 2 is 0.931 bits per heavy atom. The van der Waals surface area contributed by atoms with Crippen molar-refractivity contribution in [2.45, 2.75) is 26.1 Å². The minimum atomic E-state index is -0.599. The molecule has 2 aromatic rings. The lowest BCUT2D eigenvalue weighted by atomic mass is 10.3. The van der Waals surface area contributed by atoms with Crippen molar-refractivity contribution in [3.05, 3.63) is 79.1 Å². The van der Waals surface area contributed by atoms with Crippen molar-refractivity contribution in [3.63, 3.8) is 0 Å². The summed E-state index contributed by atoms with van der Waals surface area (Å²) in [5, 5.41) is 1.87. The van der Waals surface area contributed by atoms with Gasteiger partial charge in [0.15, 0.2) is 23.7 Å². The van der Waals surface area contributed by atoms with Crippen molar-refractivity contribution < 1.29 is 14.2 Å². The summed E-state index contributed by atoms with van der Waals surface area (Å²) in [6.45, 7) is 11.2. The SMILES string of the molecule is C=C(OC(=C)C(C)Oc1c(Cl)cc(Cl)cc1Cl)C(C)Oc1c(Cl)cc(Cl)cc1Cl. The van der Waals surface area contributed by atoms with Crippen molar-refractivity contribution in [2.24, 2.45) is 0 Å². The van der Waals surface area contributed by atoms with Gasteiger partial charge in [0.05, 0.1) is 20.1 Å². The first-order valence-corrected chi connectivity index (χ1v) is 10.4. The summed E-state index contributed by atoms with van der Waals surface area (Å²) in [4.78, 5) is 0. The lowest BCUT2D eigenvalue weighted by Gasteiger charge is -2.23. The van der Waals surface area contributed by atoms with Crippen LogP contribution in [-0.4, -0.2) is 12.2 Å². The minimum Gasteiger partial charge on any atom is -0.480 e. The second-order valence-electron chi connectivity index (χ2n) is 5.95. The van der Waals surface area contributed by atoms with Crippen LogP contribution < -0.4 is 9.47 Å². The maximum absolute atomic E-state index is 6.13. The number of hydrogen-bond acceptors (Lipinski definition) is 3. The fraction of sp³-hybridized carbons (Fsp3) is 0.200. The zero-order valence-electron chi connectivity index (χ0n) is 15.4. The molecule has 0 radical (unpaired) electrons. The molecular formula is C20H16Cl6O3. The third-order valence-electron chi connectivity index (χ3n) is 3.68. The molecule has 0 aliphatic heterocycles. The van der Waals surface area contributed by atoms with E-state index < -0.39 is 12.2 Å². The zero-order chi connectivity index (χ0) is 21.9. The maximum Gasteiger partial charge on any atom is 0.157 e. The minimum absolute atomic E-state index is 0.265. The first kappa shape index (κ1) is 24.3. The molecule has 156 valence electrons.